The molecule has 0 radical (unpaired) electrons. The first-order valence-corrected chi connectivity index (χ1v) is 7.26. The maximum Gasteiger partial charge on any atom is 0.214 e. The molecule has 0 aromatic rings. The second-order valence-corrected chi connectivity index (χ2v) is 6.06. The van der Waals surface area contributed by atoms with Gasteiger partial charge in [-0.25, -0.2) is 8.42 Å². The fourth-order valence-electron chi connectivity index (χ4n) is 1.31. The Morgan fingerprint density at radius 3 is 2.33 bits per heavy atom. The Kier molecular flexibility index (Phi) is 7.52. The Hall–Kier alpha value is 0.160. The van der Waals surface area contributed by atoms with Gasteiger partial charge >= 0.3 is 0 Å². The lowest BCUT2D eigenvalue weighted by Crippen LogP contribution is -2.40. The number of nitrogens with zero attached hydrogens (tertiary/aromatic N) is 1. The zero-order valence-corrected chi connectivity index (χ0v) is 10.9. The van der Waals surface area contributed by atoms with Crippen molar-refractivity contribution in [2.24, 2.45) is 0 Å². The summed E-state index contributed by atoms with van der Waals surface area (Å²) in [7, 11) is -3.24. The van der Waals surface area contributed by atoms with Gasteiger partial charge in [0.1, 0.15) is 0 Å². The largest absolute Gasteiger partial charge is 0.395 e. The van der Waals surface area contributed by atoms with E-state index in [0.29, 0.717) is 18.7 Å². The number of hydrogen-bond donors (Lipinski definition) is 1. The van der Waals surface area contributed by atoms with E-state index >= 15 is 0 Å². The first-order valence-electron chi connectivity index (χ1n) is 5.12. The number of rotatable bonds is 8. The number of alkyl halides is 1. The van der Waals surface area contributed by atoms with Gasteiger partial charge in [0.05, 0.1) is 12.4 Å². The number of aliphatic hydroxyl groups excluding tert-OH is 1. The summed E-state index contributed by atoms with van der Waals surface area (Å²) in [4.78, 5) is 0. The molecule has 0 aliphatic carbocycles. The summed E-state index contributed by atoms with van der Waals surface area (Å²) in [6, 6.07) is -0.113. The topological polar surface area (TPSA) is 57.6 Å². The number of unbranched alkanes of at least 4 members (excludes halogenated alkanes) is 1. The first kappa shape index (κ1) is 15.2. The molecular weight excluding hydrogens is 238 g/mol. The van der Waals surface area contributed by atoms with Crippen molar-refractivity contribution >= 4 is 21.6 Å². The van der Waals surface area contributed by atoms with Crippen molar-refractivity contribution in [1.29, 1.82) is 0 Å². The van der Waals surface area contributed by atoms with Gasteiger partial charge in [0.15, 0.2) is 0 Å². The lowest BCUT2D eigenvalue weighted by atomic mass is 10.4. The summed E-state index contributed by atoms with van der Waals surface area (Å²) < 4.78 is 25.0. The van der Waals surface area contributed by atoms with E-state index in [1.807, 2.05) is 0 Å². The molecule has 0 bridgehead atoms. The molecule has 0 saturated heterocycles. The van der Waals surface area contributed by atoms with Gasteiger partial charge in [-0.2, -0.15) is 4.31 Å². The molecule has 92 valence electrons. The Morgan fingerprint density at radius 2 is 1.93 bits per heavy atom. The molecule has 0 heterocycles. The summed E-state index contributed by atoms with van der Waals surface area (Å²) in [6.45, 7) is 3.62. The van der Waals surface area contributed by atoms with Crippen LogP contribution in [0.2, 0.25) is 0 Å². The van der Waals surface area contributed by atoms with Crippen molar-refractivity contribution in [1.82, 2.24) is 4.31 Å². The van der Waals surface area contributed by atoms with E-state index in [-0.39, 0.29) is 24.9 Å². The number of sulfonamides is 1. The fourth-order valence-corrected chi connectivity index (χ4v) is 3.31. The zero-order chi connectivity index (χ0) is 11.9. The van der Waals surface area contributed by atoms with Gasteiger partial charge in [-0.15, -0.1) is 11.6 Å². The lowest BCUT2D eigenvalue weighted by molar-refractivity contribution is 0.236. The number of halogens is 1. The molecule has 0 fully saturated rings. The first-order chi connectivity index (χ1) is 6.95. The van der Waals surface area contributed by atoms with Crippen LogP contribution in [0.5, 0.6) is 0 Å². The molecule has 0 unspecified atom stereocenters. The molecule has 0 rings (SSSR count). The average molecular weight is 258 g/mol. The van der Waals surface area contributed by atoms with Crippen molar-refractivity contribution in [2.45, 2.75) is 32.7 Å². The van der Waals surface area contributed by atoms with Crippen LogP contribution in [-0.2, 0) is 10.0 Å². The van der Waals surface area contributed by atoms with Crippen LogP contribution in [-0.4, -0.2) is 48.7 Å². The third-order valence-corrected chi connectivity index (χ3v) is 4.43. The van der Waals surface area contributed by atoms with Crippen LogP contribution in [0.15, 0.2) is 0 Å². The smallest absolute Gasteiger partial charge is 0.214 e. The van der Waals surface area contributed by atoms with Crippen LogP contribution in [0.25, 0.3) is 0 Å². The van der Waals surface area contributed by atoms with E-state index in [0.717, 1.165) is 0 Å². The lowest BCUT2D eigenvalue weighted by Gasteiger charge is -2.24. The predicted molar refractivity (Wildman–Crippen MR) is 62.7 cm³/mol. The van der Waals surface area contributed by atoms with Crippen LogP contribution in [0.4, 0.5) is 0 Å². The van der Waals surface area contributed by atoms with Crippen molar-refractivity contribution in [3.63, 3.8) is 0 Å². The Balaban J connectivity index is 4.37. The van der Waals surface area contributed by atoms with Gasteiger partial charge in [-0.1, -0.05) is 0 Å². The standard InChI is InChI=1S/C9H20ClNO3S/c1-9(2)11(6-7-12)15(13,14)8-4-3-5-10/h9,12H,3-8H2,1-2H3. The van der Waals surface area contributed by atoms with Crippen molar-refractivity contribution < 1.29 is 13.5 Å². The van der Waals surface area contributed by atoms with E-state index < -0.39 is 10.0 Å². The Bertz CT molecular complexity index is 254. The highest BCUT2D eigenvalue weighted by atomic mass is 35.5. The average Bonchev–Trinajstić information content (AvgIpc) is 2.13. The summed E-state index contributed by atoms with van der Waals surface area (Å²) in [5, 5.41) is 8.79. The summed E-state index contributed by atoms with van der Waals surface area (Å²) in [6.07, 6.45) is 1.27. The molecule has 6 heteroatoms. The molecular formula is C9H20ClNO3S. The van der Waals surface area contributed by atoms with Crippen LogP contribution in [0.3, 0.4) is 0 Å². The van der Waals surface area contributed by atoms with Crippen molar-refractivity contribution in [2.75, 3.05) is 24.8 Å². The second kappa shape index (κ2) is 7.44. The van der Waals surface area contributed by atoms with Crippen LogP contribution < -0.4 is 0 Å². The van der Waals surface area contributed by atoms with Gasteiger partial charge in [0.25, 0.3) is 0 Å². The van der Waals surface area contributed by atoms with E-state index in [4.69, 9.17) is 16.7 Å². The molecule has 0 atom stereocenters. The fraction of sp³-hybridized carbons (Fsp3) is 1.00. The summed E-state index contributed by atoms with van der Waals surface area (Å²) in [5.41, 5.74) is 0. The highest BCUT2D eigenvalue weighted by molar-refractivity contribution is 7.89. The number of hydrogen-bond acceptors (Lipinski definition) is 3. The molecule has 0 aliphatic heterocycles. The second-order valence-electron chi connectivity index (χ2n) is 3.64. The SMILES string of the molecule is CC(C)N(CCO)S(=O)(=O)CCCCCl. The van der Waals surface area contributed by atoms with Crippen LogP contribution in [0, 0.1) is 0 Å². The molecule has 0 saturated carbocycles. The number of aliphatic hydroxyl groups is 1. The molecule has 0 amide bonds. The van der Waals surface area contributed by atoms with Crippen LogP contribution >= 0.6 is 11.6 Å². The maximum atomic E-state index is 11.8. The van der Waals surface area contributed by atoms with Gasteiger partial charge in [0, 0.05) is 18.5 Å². The van der Waals surface area contributed by atoms with E-state index in [1.165, 1.54) is 4.31 Å². The monoisotopic (exact) mass is 257 g/mol. The van der Waals surface area contributed by atoms with Crippen molar-refractivity contribution in [3.8, 4) is 0 Å². The molecule has 0 aromatic carbocycles. The molecule has 1 N–H and O–H groups in total. The van der Waals surface area contributed by atoms with E-state index in [1.54, 1.807) is 13.8 Å². The minimum Gasteiger partial charge on any atom is -0.395 e. The van der Waals surface area contributed by atoms with Gasteiger partial charge in [-0.05, 0) is 26.7 Å². The highest BCUT2D eigenvalue weighted by Gasteiger charge is 2.23. The van der Waals surface area contributed by atoms with Crippen LogP contribution in [0.1, 0.15) is 26.7 Å². The third-order valence-electron chi connectivity index (χ3n) is 2.04. The summed E-state index contributed by atoms with van der Waals surface area (Å²) >= 11 is 5.49. The molecule has 0 aromatic heterocycles. The quantitative estimate of drug-likeness (QED) is 0.522. The minimum absolute atomic E-state index is 0.109. The molecule has 4 nitrogen and oxygen atoms in total. The highest BCUT2D eigenvalue weighted by Crippen LogP contribution is 2.09. The normalized spacial score (nSPS) is 12.7. The Morgan fingerprint density at radius 1 is 1.33 bits per heavy atom. The predicted octanol–water partition coefficient (Wildman–Crippen LogP) is 1.04. The molecule has 0 spiro atoms. The maximum absolute atomic E-state index is 11.8. The van der Waals surface area contributed by atoms with Gasteiger partial charge in [-0.3, -0.25) is 0 Å². The van der Waals surface area contributed by atoms with E-state index in [9.17, 15) is 8.42 Å². The summed E-state index contributed by atoms with van der Waals surface area (Å²) in [5.74, 6) is 0.592. The third kappa shape index (κ3) is 5.70. The molecule has 15 heavy (non-hydrogen) atoms. The van der Waals surface area contributed by atoms with Crippen molar-refractivity contribution in [3.05, 3.63) is 0 Å². The van der Waals surface area contributed by atoms with Gasteiger partial charge < -0.3 is 5.11 Å². The minimum atomic E-state index is -3.24. The van der Waals surface area contributed by atoms with Gasteiger partial charge in [0.2, 0.25) is 10.0 Å². The Labute approximate surface area is 97.3 Å². The zero-order valence-electron chi connectivity index (χ0n) is 9.32. The van der Waals surface area contributed by atoms with E-state index in [2.05, 4.69) is 0 Å². The molecule has 0 aliphatic rings.